The Hall–Kier alpha value is 0.270. The fraction of sp³-hybridized carbons (Fsp3) is 1.00. The molecule has 3 heteroatoms. The Labute approximate surface area is 86.7 Å². The standard InChI is InChI=1S/C10H21NOS/c1-9(7-13)6-11-5-3-4-10(2,12)8-11/h9,12-13H,3-8H2,1-2H3. The van der Waals surface area contributed by atoms with Crippen LogP contribution in [0.4, 0.5) is 0 Å². The highest BCUT2D eigenvalue weighted by molar-refractivity contribution is 7.80. The molecule has 13 heavy (non-hydrogen) atoms. The second-order valence-corrected chi connectivity index (χ2v) is 4.99. The van der Waals surface area contributed by atoms with Crippen molar-refractivity contribution < 1.29 is 5.11 Å². The van der Waals surface area contributed by atoms with Crippen LogP contribution in [0.3, 0.4) is 0 Å². The zero-order valence-corrected chi connectivity index (χ0v) is 9.56. The molecule has 2 nitrogen and oxygen atoms in total. The summed E-state index contributed by atoms with van der Waals surface area (Å²) in [6.45, 7) is 7.17. The summed E-state index contributed by atoms with van der Waals surface area (Å²) in [5.41, 5.74) is -0.464. The van der Waals surface area contributed by atoms with Crippen LogP contribution in [0.15, 0.2) is 0 Å². The van der Waals surface area contributed by atoms with Crippen LogP contribution in [0.5, 0.6) is 0 Å². The van der Waals surface area contributed by atoms with E-state index in [0.717, 1.165) is 38.2 Å². The van der Waals surface area contributed by atoms with Crippen LogP contribution in [0, 0.1) is 5.92 Å². The van der Waals surface area contributed by atoms with Gasteiger partial charge in [-0.2, -0.15) is 12.6 Å². The number of likely N-dealkylation sites (tertiary alicyclic amines) is 1. The average molecular weight is 203 g/mol. The smallest absolute Gasteiger partial charge is 0.0746 e. The Morgan fingerprint density at radius 3 is 2.85 bits per heavy atom. The Bertz CT molecular complexity index is 161. The van der Waals surface area contributed by atoms with Crippen LogP contribution in [-0.4, -0.2) is 41.0 Å². The molecule has 0 aromatic heterocycles. The van der Waals surface area contributed by atoms with E-state index in [1.807, 2.05) is 6.92 Å². The van der Waals surface area contributed by atoms with E-state index in [4.69, 9.17) is 0 Å². The van der Waals surface area contributed by atoms with Crippen molar-refractivity contribution >= 4 is 12.6 Å². The summed E-state index contributed by atoms with van der Waals surface area (Å²) in [5.74, 6) is 1.55. The van der Waals surface area contributed by atoms with Crippen molar-refractivity contribution in [3.8, 4) is 0 Å². The highest BCUT2D eigenvalue weighted by Crippen LogP contribution is 2.20. The van der Waals surface area contributed by atoms with Crippen molar-refractivity contribution in [1.82, 2.24) is 4.90 Å². The maximum atomic E-state index is 9.87. The van der Waals surface area contributed by atoms with Crippen LogP contribution in [0.1, 0.15) is 26.7 Å². The summed E-state index contributed by atoms with van der Waals surface area (Å²) in [7, 11) is 0. The second kappa shape index (κ2) is 4.67. The minimum Gasteiger partial charge on any atom is -0.389 e. The predicted molar refractivity (Wildman–Crippen MR) is 59.3 cm³/mol. The van der Waals surface area contributed by atoms with E-state index in [1.165, 1.54) is 0 Å². The largest absolute Gasteiger partial charge is 0.389 e. The van der Waals surface area contributed by atoms with Crippen LogP contribution < -0.4 is 0 Å². The SMILES string of the molecule is CC(CS)CN1CCCC(C)(O)C1. The van der Waals surface area contributed by atoms with E-state index < -0.39 is 5.60 Å². The van der Waals surface area contributed by atoms with Crippen molar-refractivity contribution in [2.75, 3.05) is 25.4 Å². The van der Waals surface area contributed by atoms with E-state index in [-0.39, 0.29) is 0 Å². The summed E-state index contributed by atoms with van der Waals surface area (Å²) in [6, 6.07) is 0. The molecular formula is C10H21NOS. The van der Waals surface area contributed by atoms with Gasteiger partial charge in [-0.05, 0) is 38.0 Å². The fourth-order valence-corrected chi connectivity index (χ4v) is 2.09. The molecule has 1 saturated heterocycles. The number of piperidine rings is 1. The molecule has 0 amide bonds. The molecular weight excluding hydrogens is 182 g/mol. The van der Waals surface area contributed by atoms with E-state index in [0.29, 0.717) is 5.92 Å². The van der Waals surface area contributed by atoms with Crippen LogP contribution >= 0.6 is 12.6 Å². The molecule has 1 rings (SSSR count). The molecule has 0 spiro atoms. The highest BCUT2D eigenvalue weighted by atomic mass is 32.1. The van der Waals surface area contributed by atoms with Crippen molar-refractivity contribution in [1.29, 1.82) is 0 Å². The number of hydrogen-bond acceptors (Lipinski definition) is 3. The van der Waals surface area contributed by atoms with E-state index in [1.54, 1.807) is 0 Å². The molecule has 0 saturated carbocycles. The van der Waals surface area contributed by atoms with Gasteiger partial charge in [-0.15, -0.1) is 0 Å². The van der Waals surface area contributed by atoms with Gasteiger partial charge in [0.25, 0.3) is 0 Å². The van der Waals surface area contributed by atoms with E-state index >= 15 is 0 Å². The molecule has 0 bridgehead atoms. The molecule has 2 unspecified atom stereocenters. The molecule has 0 radical (unpaired) electrons. The van der Waals surface area contributed by atoms with Gasteiger partial charge in [0.2, 0.25) is 0 Å². The predicted octanol–water partition coefficient (Wildman–Crippen LogP) is 1.40. The molecule has 1 aliphatic rings. The zero-order valence-electron chi connectivity index (χ0n) is 8.66. The van der Waals surface area contributed by atoms with Gasteiger partial charge in [-0.3, -0.25) is 0 Å². The Morgan fingerprint density at radius 2 is 2.31 bits per heavy atom. The fourth-order valence-electron chi connectivity index (χ4n) is 1.98. The molecule has 2 atom stereocenters. The molecule has 78 valence electrons. The van der Waals surface area contributed by atoms with Crippen molar-refractivity contribution in [2.45, 2.75) is 32.3 Å². The molecule has 1 aliphatic heterocycles. The quantitative estimate of drug-likeness (QED) is 0.677. The van der Waals surface area contributed by atoms with Gasteiger partial charge in [-0.25, -0.2) is 0 Å². The lowest BCUT2D eigenvalue weighted by molar-refractivity contribution is -0.0183. The third kappa shape index (κ3) is 3.88. The van der Waals surface area contributed by atoms with Gasteiger partial charge in [0.05, 0.1) is 5.60 Å². The van der Waals surface area contributed by atoms with Gasteiger partial charge >= 0.3 is 0 Å². The number of thiol groups is 1. The Kier molecular flexibility index (Phi) is 4.07. The number of nitrogens with zero attached hydrogens (tertiary/aromatic N) is 1. The van der Waals surface area contributed by atoms with Gasteiger partial charge in [-0.1, -0.05) is 6.92 Å². The third-order valence-electron chi connectivity index (χ3n) is 2.64. The average Bonchev–Trinajstić information content (AvgIpc) is 2.02. The summed E-state index contributed by atoms with van der Waals surface area (Å²) in [4.78, 5) is 2.35. The molecule has 0 aliphatic carbocycles. The highest BCUT2D eigenvalue weighted by Gasteiger charge is 2.28. The summed E-state index contributed by atoms with van der Waals surface area (Å²) in [5, 5.41) is 9.87. The molecule has 1 fully saturated rings. The lowest BCUT2D eigenvalue weighted by atomic mass is 9.94. The van der Waals surface area contributed by atoms with Gasteiger partial charge in [0, 0.05) is 13.1 Å². The number of aliphatic hydroxyl groups is 1. The minimum absolute atomic E-state index is 0.464. The first-order chi connectivity index (χ1) is 6.03. The molecule has 1 N–H and O–H groups in total. The van der Waals surface area contributed by atoms with Crippen molar-refractivity contribution in [3.63, 3.8) is 0 Å². The monoisotopic (exact) mass is 203 g/mol. The van der Waals surface area contributed by atoms with Crippen LogP contribution in [0.25, 0.3) is 0 Å². The first kappa shape index (κ1) is 11.3. The number of hydrogen-bond donors (Lipinski definition) is 2. The topological polar surface area (TPSA) is 23.5 Å². The molecule has 1 heterocycles. The zero-order chi connectivity index (χ0) is 9.90. The van der Waals surface area contributed by atoms with Gasteiger partial charge in [0.15, 0.2) is 0 Å². The maximum absolute atomic E-state index is 9.87. The number of rotatable bonds is 3. The summed E-state index contributed by atoms with van der Waals surface area (Å²) in [6.07, 6.45) is 2.06. The minimum atomic E-state index is -0.464. The number of β-amino-alcohol motifs (C(OH)–C–C–N with tert-alkyl or cyclic N) is 1. The van der Waals surface area contributed by atoms with Gasteiger partial charge in [0.1, 0.15) is 0 Å². The van der Waals surface area contributed by atoms with E-state index in [2.05, 4.69) is 24.5 Å². The Morgan fingerprint density at radius 1 is 1.62 bits per heavy atom. The van der Waals surface area contributed by atoms with Crippen LogP contribution in [0.2, 0.25) is 0 Å². The van der Waals surface area contributed by atoms with E-state index in [9.17, 15) is 5.11 Å². The first-order valence-corrected chi connectivity index (χ1v) is 5.72. The van der Waals surface area contributed by atoms with Crippen molar-refractivity contribution in [2.24, 2.45) is 5.92 Å². The van der Waals surface area contributed by atoms with Crippen LogP contribution in [-0.2, 0) is 0 Å². The molecule has 0 aromatic rings. The lowest BCUT2D eigenvalue weighted by Gasteiger charge is -2.37. The van der Waals surface area contributed by atoms with Gasteiger partial charge < -0.3 is 10.0 Å². The summed E-state index contributed by atoms with van der Waals surface area (Å²) >= 11 is 4.27. The summed E-state index contributed by atoms with van der Waals surface area (Å²) < 4.78 is 0. The maximum Gasteiger partial charge on any atom is 0.0746 e. The normalized spacial score (nSPS) is 33.2. The Balaban J connectivity index is 2.34. The first-order valence-electron chi connectivity index (χ1n) is 5.09. The molecule has 0 aromatic carbocycles. The third-order valence-corrected chi connectivity index (χ3v) is 3.26. The lowest BCUT2D eigenvalue weighted by Crippen LogP contribution is -2.47. The van der Waals surface area contributed by atoms with Crippen molar-refractivity contribution in [3.05, 3.63) is 0 Å². The second-order valence-electron chi connectivity index (χ2n) is 4.62.